The number of ether oxygens (including phenoxy) is 1. The van der Waals surface area contributed by atoms with Gasteiger partial charge >= 0.3 is 0 Å². The van der Waals surface area contributed by atoms with Gasteiger partial charge < -0.3 is 10.5 Å². The molecule has 0 amide bonds. The molecule has 6 nitrogen and oxygen atoms in total. The van der Waals surface area contributed by atoms with Gasteiger partial charge in [0.2, 0.25) is 5.95 Å². The summed E-state index contributed by atoms with van der Waals surface area (Å²) in [6.07, 6.45) is 2.10. The monoisotopic (exact) mass is 249 g/mol. The minimum Gasteiger partial charge on any atom is -0.379 e. The Balaban J connectivity index is 2.24. The fourth-order valence-corrected chi connectivity index (χ4v) is 2.92. The van der Waals surface area contributed by atoms with Crippen molar-refractivity contribution in [3.8, 4) is 0 Å². The van der Waals surface area contributed by atoms with E-state index >= 15 is 0 Å². The number of fused-ring (bicyclic) bond motifs is 1. The van der Waals surface area contributed by atoms with Crippen LogP contribution in [0.15, 0.2) is 0 Å². The van der Waals surface area contributed by atoms with Gasteiger partial charge in [0.1, 0.15) is 5.52 Å². The third kappa shape index (κ3) is 1.45. The van der Waals surface area contributed by atoms with Crippen LogP contribution in [0.3, 0.4) is 0 Å². The molecule has 2 N–H and O–H groups in total. The molecule has 0 bridgehead atoms. The van der Waals surface area contributed by atoms with E-state index in [2.05, 4.69) is 21.6 Å². The minimum absolute atomic E-state index is 0.128. The molecule has 0 aromatic carbocycles. The van der Waals surface area contributed by atoms with Crippen LogP contribution in [-0.2, 0) is 17.3 Å². The van der Waals surface area contributed by atoms with Crippen molar-refractivity contribution in [2.24, 2.45) is 7.05 Å². The van der Waals surface area contributed by atoms with Crippen molar-refractivity contribution in [3.05, 3.63) is 5.69 Å². The number of aryl methyl sites for hydroxylation is 2. The molecule has 1 aliphatic heterocycles. The van der Waals surface area contributed by atoms with Crippen molar-refractivity contribution in [1.29, 1.82) is 0 Å². The van der Waals surface area contributed by atoms with Crippen molar-refractivity contribution in [1.82, 2.24) is 19.3 Å². The van der Waals surface area contributed by atoms with E-state index in [1.165, 1.54) is 0 Å². The van der Waals surface area contributed by atoms with Crippen molar-refractivity contribution in [3.63, 3.8) is 0 Å². The molecule has 1 atom stereocenters. The lowest BCUT2D eigenvalue weighted by Gasteiger charge is -2.35. The topological polar surface area (TPSA) is 70.9 Å². The van der Waals surface area contributed by atoms with Crippen molar-refractivity contribution < 1.29 is 4.74 Å². The summed E-state index contributed by atoms with van der Waals surface area (Å²) in [6, 6.07) is 0. The smallest absolute Gasteiger partial charge is 0.203 e. The third-order valence-electron chi connectivity index (χ3n) is 3.79. The van der Waals surface area contributed by atoms with Crippen LogP contribution in [0.2, 0.25) is 0 Å². The molecule has 98 valence electrons. The summed E-state index contributed by atoms with van der Waals surface area (Å²) >= 11 is 0. The average molecular weight is 249 g/mol. The first kappa shape index (κ1) is 11.5. The number of anilines is 1. The predicted molar refractivity (Wildman–Crippen MR) is 69.3 cm³/mol. The molecule has 0 radical (unpaired) electrons. The molecule has 0 aliphatic carbocycles. The Morgan fingerprint density at radius 1 is 1.44 bits per heavy atom. The van der Waals surface area contributed by atoms with E-state index in [0.29, 0.717) is 12.6 Å². The lowest BCUT2D eigenvalue weighted by Crippen LogP contribution is -2.40. The van der Waals surface area contributed by atoms with Crippen LogP contribution < -0.4 is 5.73 Å². The molecule has 6 heteroatoms. The molecule has 1 aliphatic rings. The van der Waals surface area contributed by atoms with E-state index in [1.54, 1.807) is 0 Å². The van der Waals surface area contributed by atoms with Crippen molar-refractivity contribution in [2.75, 3.05) is 18.9 Å². The molecule has 0 saturated carbocycles. The molecular weight excluding hydrogens is 230 g/mol. The Labute approximate surface area is 106 Å². The lowest BCUT2D eigenvalue weighted by atomic mass is 9.94. The standard InChI is InChI=1S/C12H19N5O/c1-8-9-10(16(3)15-8)17(11(13)14-9)12(2)5-4-6-18-7-12/h4-7H2,1-3H3,(H2,13,14). The Morgan fingerprint density at radius 2 is 2.22 bits per heavy atom. The van der Waals surface area contributed by atoms with Gasteiger partial charge in [-0.2, -0.15) is 5.10 Å². The number of nitrogens with two attached hydrogens (primary N) is 1. The molecule has 2 aromatic rings. The maximum Gasteiger partial charge on any atom is 0.203 e. The molecule has 18 heavy (non-hydrogen) atoms. The zero-order chi connectivity index (χ0) is 12.9. The summed E-state index contributed by atoms with van der Waals surface area (Å²) in [5.74, 6) is 0.550. The van der Waals surface area contributed by atoms with E-state index in [0.717, 1.165) is 36.3 Å². The van der Waals surface area contributed by atoms with E-state index < -0.39 is 0 Å². The number of hydrogen-bond acceptors (Lipinski definition) is 4. The second-order valence-electron chi connectivity index (χ2n) is 5.34. The Hall–Kier alpha value is -1.56. The Morgan fingerprint density at radius 3 is 2.89 bits per heavy atom. The zero-order valence-electron chi connectivity index (χ0n) is 11.1. The first-order valence-corrected chi connectivity index (χ1v) is 6.29. The quantitative estimate of drug-likeness (QED) is 0.824. The largest absolute Gasteiger partial charge is 0.379 e. The number of hydrogen-bond donors (Lipinski definition) is 1. The van der Waals surface area contributed by atoms with E-state index in [9.17, 15) is 0 Å². The van der Waals surface area contributed by atoms with Crippen molar-refractivity contribution >= 4 is 17.1 Å². The summed E-state index contributed by atoms with van der Waals surface area (Å²) in [6.45, 7) is 5.63. The maximum absolute atomic E-state index is 6.11. The predicted octanol–water partition coefficient (Wildman–Crippen LogP) is 1.19. The second kappa shape index (κ2) is 3.71. The fourth-order valence-electron chi connectivity index (χ4n) is 2.92. The van der Waals surface area contributed by atoms with Gasteiger partial charge in [0.05, 0.1) is 17.8 Å². The van der Waals surface area contributed by atoms with Gasteiger partial charge in [-0.1, -0.05) is 0 Å². The fraction of sp³-hybridized carbons (Fsp3) is 0.667. The average Bonchev–Trinajstić information content (AvgIpc) is 2.79. The van der Waals surface area contributed by atoms with Crippen LogP contribution in [0.5, 0.6) is 0 Å². The van der Waals surface area contributed by atoms with Gasteiger partial charge in [-0.3, -0.25) is 9.25 Å². The summed E-state index contributed by atoms with van der Waals surface area (Å²) in [7, 11) is 1.93. The number of nitrogens with zero attached hydrogens (tertiary/aromatic N) is 4. The highest BCUT2D eigenvalue weighted by Crippen LogP contribution is 2.33. The summed E-state index contributed by atoms with van der Waals surface area (Å²) in [4.78, 5) is 4.46. The summed E-state index contributed by atoms with van der Waals surface area (Å²) < 4.78 is 9.57. The molecule has 2 aromatic heterocycles. The highest BCUT2D eigenvalue weighted by Gasteiger charge is 2.34. The van der Waals surface area contributed by atoms with Crippen LogP contribution >= 0.6 is 0 Å². The maximum atomic E-state index is 6.11. The molecule has 1 fully saturated rings. The molecule has 3 heterocycles. The van der Waals surface area contributed by atoms with Crippen LogP contribution in [-0.4, -0.2) is 32.5 Å². The minimum atomic E-state index is -0.128. The van der Waals surface area contributed by atoms with Crippen LogP contribution in [0, 0.1) is 6.92 Å². The van der Waals surface area contributed by atoms with Gasteiger partial charge in [-0.15, -0.1) is 0 Å². The number of rotatable bonds is 1. The Kier molecular flexibility index (Phi) is 2.38. The zero-order valence-corrected chi connectivity index (χ0v) is 11.1. The van der Waals surface area contributed by atoms with Gasteiger partial charge in [0.15, 0.2) is 5.65 Å². The molecule has 0 spiro atoms. The van der Waals surface area contributed by atoms with E-state index in [-0.39, 0.29) is 5.54 Å². The highest BCUT2D eigenvalue weighted by molar-refractivity contribution is 5.78. The second-order valence-corrected chi connectivity index (χ2v) is 5.34. The number of imidazole rings is 1. The SMILES string of the molecule is Cc1nn(C)c2c1nc(N)n2C1(C)CCCOC1. The van der Waals surface area contributed by atoms with Gasteiger partial charge in [-0.05, 0) is 26.7 Å². The highest BCUT2D eigenvalue weighted by atomic mass is 16.5. The normalized spacial score (nSPS) is 24.8. The van der Waals surface area contributed by atoms with Gasteiger partial charge in [-0.25, -0.2) is 4.98 Å². The van der Waals surface area contributed by atoms with Crippen LogP contribution in [0.4, 0.5) is 5.95 Å². The number of aromatic nitrogens is 4. The summed E-state index contributed by atoms with van der Waals surface area (Å²) in [5.41, 5.74) is 8.77. The van der Waals surface area contributed by atoms with Crippen LogP contribution in [0.1, 0.15) is 25.5 Å². The van der Waals surface area contributed by atoms with E-state index in [1.807, 2.05) is 18.7 Å². The van der Waals surface area contributed by atoms with Crippen LogP contribution in [0.25, 0.3) is 11.2 Å². The first-order valence-electron chi connectivity index (χ1n) is 6.29. The molecule has 1 unspecified atom stereocenters. The first-order chi connectivity index (χ1) is 8.53. The summed E-state index contributed by atoms with van der Waals surface area (Å²) in [5, 5.41) is 4.41. The van der Waals surface area contributed by atoms with E-state index in [4.69, 9.17) is 10.5 Å². The molecule has 3 rings (SSSR count). The molecular formula is C12H19N5O. The van der Waals surface area contributed by atoms with Gasteiger partial charge in [0.25, 0.3) is 0 Å². The Bertz CT molecular complexity index is 591. The van der Waals surface area contributed by atoms with Gasteiger partial charge in [0, 0.05) is 13.7 Å². The van der Waals surface area contributed by atoms with Crippen molar-refractivity contribution in [2.45, 2.75) is 32.2 Å². The third-order valence-corrected chi connectivity index (χ3v) is 3.79. The molecule has 1 saturated heterocycles. The lowest BCUT2D eigenvalue weighted by molar-refractivity contribution is 0.0120. The number of nitrogen functional groups attached to an aromatic ring is 1.